The van der Waals surface area contributed by atoms with E-state index in [-0.39, 0.29) is 12.2 Å². The number of hydrogen-bond acceptors (Lipinski definition) is 4. The first-order valence-electron chi connectivity index (χ1n) is 6.07. The molecule has 0 fully saturated rings. The maximum Gasteiger partial charge on any atom is 0.416 e. The van der Waals surface area contributed by atoms with Crippen LogP contribution in [0.15, 0.2) is 18.2 Å². The number of nitro benzene ring substituents is 1. The summed E-state index contributed by atoms with van der Waals surface area (Å²) in [6.07, 6.45) is -4.28. The molecule has 0 aliphatic carbocycles. The lowest BCUT2D eigenvalue weighted by Crippen LogP contribution is -2.28. The number of anilines is 1. The third-order valence-corrected chi connectivity index (χ3v) is 2.93. The lowest BCUT2D eigenvalue weighted by molar-refractivity contribution is -0.384. The second kappa shape index (κ2) is 6.53. The summed E-state index contributed by atoms with van der Waals surface area (Å²) in [5, 5.41) is 13.1. The second-order valence-electron chi connectivity index (χ2n) is 4.32. The van der Waals surface area contributed by atoms with E-state index in [1.807, 2.05) is 0 Å². The Hall–Kier alpha value is -2.16. The number of rotatable bonds is 5. The summed E-state index contributed by atoms with van der Waals surface area (Å²) in [6.45, 7) is 1.75. The van der Waals surface area contributed by atoms with Crippen LogP contribution in [-0.4, -0.2) is 17.4 Å². The lowest BCUT2D eigenvalue weighted by atomic mass is 10.1. The smallest absolute Gasteiger partial charge is 0.330 e. The number of halogens is 3. The number of alkyl halides is 3. The van der Waals surface area contributed by atoms with E-state index in [0.29, 0.717) is 18.6 Å². The van der Waals surface area contributed by atoms with Crippen LogP contribution in [0.2, 0.25) is 0 Å². The van der Waals surface area contributed by atoms with E-state index in [1.165, 1.54) is 0 Å². The first-order valence-corrected chi connectivity index (χ1v) is 6.07. The molecule has 0 aliphatic heterocycles. The van der Waals surface area contributed by atoms with Gasteiger partial charge >= 0.3 is 6.18 Å². The number of amides is 1. The van der Waals surface area contributed by atoms with E-state index in [0.717, 1.165) is 6.07 Å². The number of nitrogens with two attached hydrogens (primary N) is 1. The average molecular weight is 305 g/mol. The van der Waals surface area contributed by atoms with Crippen LogP contribution < -0.4 is 11.1 Å². The topological polar surface area (TPSA) is 98.3 Å². The number of carbonyl (C=O) groups is 1. The van der Waals surface area contributed by atoms with Gasteiger partial charge in [0.1, 0.15) is 5.69 Å². The number of nitrogens with one attached hydrogen (secondary N) is 1. The van der Waals surface area contributed by atoms with Gasteiger partial charge in [-0.2, -0.15) is 13.2 Å². The van der Waals surface area contributed by atoms with Crippen molar-refractivity contribution in [2.45, 2.75) is 19.5 Å². The van der Waals surface area contributed by atoms with Crippen LogP contribution >= 0.6 is 0 Å². The summed E-state index contributed by atoms with van der Waals surface area (Å²) < 4.78 is 37.6. The molecule has 0 aromatic heterocycles. The van der Waals surface area contributed by atoms with Gasteiger partial charge in [0.2, 0.25) is 5.91 Å². The Labute approximate surface area is 118 Å². The van der Waals surface area contributed by atoms with E-state index >= 15 is 0 Å². The van der Waals surface area contributed by atoms with Gasteiger partial charge in [0.05, 0.1) is 16.4 Å². The first kappa shape index (κ1) is 16.9. The van der Waals surface area contributed by atoms with Crippen LogP contribution in [0.4, 0.5) is 24.5 Å². The van der Waals surface area contributed by atoms with Gasteiger partial charge in [-0.05, 0) is 18.6 Å². The van der Waals surface area contributed by atoms with Crippen molar-refractivity contribution in [3.63, 3.8) is 0 Å². The summed E-state index contributed by atoms with van der Waals surface area (Å²) in [5.41, 5.74) is 3.12. The Morgan fingerprint density at radius 2 is 2.10 bits per heavy atom. The summed E-state index contributed by atoms with van der Waals surface area (Å²) in [4.78, 5) is 21.7. The monoisotopic (exact) mass is 305 g/mol. The molecular formula is C12H14F3N3O3. The number of nitrogens with zero attached hydrogens (tertiary/aromatic N) is 1. The molecule has 9 heteroatoms. The van der Waals surface area contributed by atoms with Gasteiger partial charge < -0.3 is 11.1 Å². The van der Waals surface area contributed by atoms with Gasteiger partial charge in [-0.3, -0.25) is 14.9 Å². The molecule has 0 heterocycles. The second-order valence-corrected chi connectivity index (χ2v) is 4.32. The maximum atomic E-state index is 12.5. The quantitative estimate of drug-likeness (QED) is 0.645. The standard InChI is InChI=1S/C12H14F3N3O3/c1-2-7(6-16)11(19)17-9-4-3-8(12(13,14)15)5-10(9)18(20)21/h3-5,7H,2,6,16H2,1H3,(H,17,19). The molecule has 0 radical (unpaired) electrons. The molecule has 21 heavy (non-hydrogen) atoms. The first-order chi connectivity index (χ1) is 9.70. The zero-order chi connectivity index (χ0) is 16.2. The highest BCUT2D eigenvalue weighted by Gasteiger charge is 2.33. The molecule has 0 saturated heterocycles. The van der Waals surface area contributed by atoms with Crippen molar-refractivity contribution in [1.82, 2.24) is 0 Å². The molecule has 6 nitrogen and oxygen atoms in total. The molecule has 116 valence electrons. The molecule has 1 aromatic carbocycles. The normalized spacial score (nSPS) is 12.8. The zero-order valence-corrected chi connectivity index (χ0v) is 11.1. The Morgan fingerprint density at radius 1 is 1.48 bits per heavy atom. The minimum Gasteiger partial charge on any atom is -0.330 e. The number of nitro groups is 1. The largest absolute Gasteiger partial charge is 0.416 e. The number of benzene rings is 1. The van der Waals surface area contributed by atoms with Crippen molar-refractivity contribution in [1.29, 1.82) is 0 Å². The van der Waals surface area contributed by atoms with Gasteiger partial charge in [-0.25, -0.2) is 0 Å². The highest BCUT2D eigenvalue weighted by molar-refractivity contribution is 5.94. The van der Waals surface area contributed by atoms with Crippen LogP contribution in [0.1, 0.15) is 18.9 Å². The Morgan fingerprint density at radius 3 is 2.52 bits per heavy atom. The molecule has 0 aliphatic rings. The molecule has 1 aromatic rings. The van der Waals surface area contributed by atoms with Crippen LogP contribution in [0.3, 0.4) is 0 Å². The summed E-state index contributed by atoms with van der Waals surface area (Å²) in [7, 11) is 0. The fourth-order valence-corrected chi connectivity index (χ4v) is 1.66. The van der Waals surface area contributed by atoms with Gasteiger partial charge in [-0.1, -0.05) is 6.92 Å². The SMILES string of the molecule is CCC(CN)C(=O)Nc1ccc(C(F)(F)F)cc1[N+](=O)[O-]. The predicted octanol–water partition coefficient (Wildman–Crippen LogP) is 2.54. The number of hydrogen-bond donors (Lipinski definition) is 2. The highest BCUT2D eigenvalue weighted by Crippen LogP contribution is 2.35. The van der Waals surface area contributed by atoms with E-state index in [9.17, 15) is 28.1 Å². The van der Waals surface area contributed by atoms with Crippen molar-refractivity contribution >= 4 is 17.3 Å². The zero-order valence-electron chi connectivity index (χ0n) is 11.1. The van der Waals surface area contributed by atoms with Crippen LogP contribution in [0.5, 0.6) is 0 Å². The van der Waals surface area contributed by atoms with Gasteiger partial charge in [0.25, 0.3) is 5.69 Å². The molecule has 1 unspecified atom stereocenters. The number of carbonyl (C=O) groups excluding carboxylic acids is 1. The van der Waals surface area contributed by atoms with Crippen molar-refractivity contribution in [3.8, 4) is 0 Å². The minimum atomic E-state index is -4.70. The summed E-state index contributed by atoms with van der Waals surface area (Å²) in [5.74, 6) is -1.13. The third-order valence-electron chi connectivity index (χ3n) is 2.93. The predicted molar refractivity (Wildman–Crippen MR) is 69.6 cm³/mol. The van der Waals surface area contributed by atoms with Crippen molar-refractivity contribution in [2.75, 3.05) is 11.9 Å². The van der Waals surface area contributed by atoms with Gasteiger partial charge in [0, 0.05) is 12.6 Å². The molecular weight excluding hydrogens is 291 g/mol. The van der Waals surface area contributed by atoms with Crippen LogP contribution in [-0.2, 0) is 11.0 Å². The summed E-state index contributed by atoms with van der Waals surface area (Å²) >= 11 is 0. The minimum absolute atomic E-state index is 0.0385. The molecule has 0 bridgehead atoms. The average Bonchev–Trinajstić information content (AvgIpc) is 2.38. The van der Waals surface area contributed by atoms with Gasteiger partial charge in [-0.15, -0.1) is 0 Å². The van der Waals surface area contributed by atoms with Crippen molar-refractivity contribution in [3.05, 3.63) is 33.9 Å². The van der Waals surface area contributed by atoms with Crippen molar-refractivity contribution in [2.24, 2.45) is 11.7 Å². The van der Waals surface area contributed by atoms with E-state index in [2.05, 4.69) is 5.32 Å². The fraction of sp³-hybridized carbons (Fsp3) is 0.417. The molecule has 0 spiro atoms. The van der Waals surface area contributed by atoms with Gasteiger partial charge in [0.15, 0.2) is 0 Å². The van der Waals surface area contributed by atoms with E-state index < -0.39 is 34.2 Å². The van der Waals surface area contributed by atoms with E-state index in [4.69, 9.17) is 5.73 Å². The highest BCUT2D eigenvalue weighted by atomic mass is 19.4. The Balaban J connectivity index is 3.13. The maximum absolute atomic E-state index is 12.5. The van der Waals surface area contributed by atoms with E-state index in [1.54, 1.807) is 6.92 Å². The van der Waals surface area contributed by atoms with Crippen LogP contribution in [0, 0.1) is 16.0 Å². The lowest BCUT2D eigenvalue weighted by Gasteiger charge is -2.13. The van der Waals surface area contributed by atoms with Crippen LogP contribution in [0.25, 0.3) is 0 Å². The Kier molecular flexibility index (Phi) is 5.25. The molecule has 1 amide bonds. The molecule has 0 saturated carbocycles. The molecule has 1 atom stereocenters. The summed E-state index contributed by atoms with van der Waals surface area (Å²) in [6, 6.07) is 1.92. The molecule has 1 rings (SSSR count). The molecule has 3 N–H and O–H groups in total. The van der Waals surface area contributed by atoms with Crippen molar-refractivity contribution < 1.29 is 22.9 Å². The fourth-order valence-electron chi connectivity index (χ4n) is 1.66. The Bertz CT molecular complexity index is 542. The third kappa shape index (κ3) is 4.15.